The van der Waals surface area contributed by atoms with Crippen LogP contribution in [0.4, 0.5) is 5.69 Å². The molecule has 0 aliphatic carbocycles. The Balaban J connectivity index is 1.64. The molecule has 1 heterocycles. The molecule has 0 saturated carbocycles. The molecule has 2 aromatic carbocycles. The van der Waals surface area contributed by atoms with Gasteiger partial charge in [-0.15, -0.1) is 0 Å². The molecule has 0 aliphatic heterocycles. The molecule has 26 heavy (non-hydrogen) atoms. The minimum Gasteiger partial charge on any atom is -0.496 e. The highest BCUT2D eigenvalue weighted by Gasteiger charge is 2.14. The number of carbonyl (C=O) groups is 1. The number of para-hydroxylation sites is 2. The Bertz CT molecular complexity index is 898. The second kappa shape index (κ2) is 7.82. The van der Waals surface area contributed by atoms with Gasteiger partial charge in [-0.05, 0) is 37.1 Å². The lowest BCUT2D eigenvalue weighted by atomic mass is 10.1. The van der Waals surface area contributed by atoms with Gasteiger partial charge in [0.05, 0.1) is 12.7 Å². The Labute approximate surface area is 152 Å². The second-order valence-electron chi connectivity index (χ2n) is 6.03. The maximum absolute atomic E-state index is 12.2. The van der Waals surface area contributed by atoms with Crippen LogP contribution in [0, 0.1) is 13.8 Å². The zero-order chi connectivity index (χ0) is 18.5. The Morgan fingerprint density at radius 2 is 1.85 bits per heavy atom. The van der Waals surface area contributed by atoms with Crippen molar-refractivity contribution >= 4 is 11.6 Å². The zero-order valence-corrected chi connectivity index (χ0v) is 15.1. The van der Waals surface area contributed by atoms with Gasteiger partial charge < -0.3 is 14.6 Å². The van der Waals surface area contributed by atoms with E-state index in [9.17, 15) is 4.79 Å². The van der Waals surface area contributed by atoms with Crippen LogP contribution in [0.15, 0.2) is 47.0 Å². The highest BCUT2D eigenvalue weighted by Crippen LogP contribution is 2.27. The SMILES string of the molecule is COc1ccccc1-c1noc(CCC(=O)Nc2c(C)cccc2C)n1. The van der Waals surface area contributed by atoms with Crippen LogP contribution in [0.3, 0.4) is 0 Å². The van der Waals surface area contributed by atoms with Gasteiger partial charge >= 0.3 is 0 Å². The maximum atomic E-state index is 12.2. The molecule has 0 saturated heterocycles. The van der Waals surface area contributed by atoms with Crippen LogP contribution in [0.2, 0.25) is 0 Å². The minimum absolute atomic E-state index is 0.0839. The summed E-state index contributed by atoms with van der Waals surface area (Å²) >= 11 is 0. The van der Waals surface area contributed by atoms with Crippen molar-refractivity contribution < 1.29 is 14.1 Å². The number of ether oxygens (including phenoxy) is 1. The number of nitrogens with one attached hydrogen (secondary N) is 1. The monoisotopic (exact) mass is 351 g/mol. The van der Waals surface area contributed by atoms with Gasteiger partial charge in [-0.1, -0.05) is 35.5 Å². The Morgan fingerprint density at radius 1 is 1.12 bits per heavy atom. The van der Waals surface area contributed by atoms with Crippen LogP contribution >= 0.6 is 0 Å². The number of amides is 1. The topological polar surface area (TPSA) is 77.2 Å². The largest absolute Gasteiger partial charge is 0.496 e. The van der Waals surface area contributed by atoms with E-state index in [2.05, 4.69) is 15.5 Å². The van der Waals surface area contributed by atoms with Crippen LogP contribution in [0.25, 0.3) is 11.4 Å². The van der Waals surface area contributed by atoms with E-state index in [1.165, 1.54) is 0 Å². The number of benzene rings is 2. The van der Waals surface area contributed by atoms with Gasteiger partial charge in [0.15, 0.2) is 0 Å². The molecule has 3 aromatic rings. The summed E-state index contributed by atoms with van der Waals surface area (Å²) < 4.78 is 10.6. The normalized spacial score (nSPS) is 10.6. The molecule has 0 fully saturated rings. The van der Waals surface area contributed by atoms with Gasteiger partial charge in [-0.25, -0.2) is 0 Å². The van der Waals surface area contributed by atoms with Crippen molar-refractivity contribution in [3.05, 3.63) is 59.5 Å². The van der Waals surface area contributed by atoms with E-state index in [-0.39, 0.29) is 12.3 Å². The van der Waals surface area contributed by atoms with E-state index >= 15 is 0 Å². The molecule has 6 nitrogen and oxygen atoms in total. The fourth-order valence-corrected chi connectivity index (χ4v) is 2.73. The van der Waals surface area contributed by atoms with E-state index in [0.29, 0.717) is 23.9 Å². The summed E-state index contributed by atoms with van der Waals surface area (Å²) in [6.45, 7) is 3.94. The fraction of sp³-hybridized carbons (Fsp3) is 0.250. The number of aryl methyl sites for hydroxylation is 3. The van der Waals surface area contributed by atoms with Crippen molar-refractivity contribution in [3.8, 4) is 17.1 Å². The molecule has 0 atom stereocenters. The first-order chi connectivity index (χ1) is 12.6. The van der Waals surface area contributed by atoms with Gasteiger partial charge in [0.1, 0.15) is 5.75 Å². The maximum Gasteiger partial charge on any atom is 0.227 e. The van der Waals surface area contributed by atoms with Crippen molar-refractivity contribution in [1.82, 2.24) is 10.1 Å². The Kier molecular flexibility index (Phi) is 5.31. The number of methoxy groups -OCH3 is 1. The molecule has 1 N–H and O–H groups in total. The molecule has 134 valence electrons. The summed E-state index contributed by atoms with van der Waals surface area (Å²) in [5.74, 6) is 1.46. The molecule has 1 amide bonds. The lowest BCUT2D eigenvalue weighted by Gasteiger charge is -2.10. The molecule has 1 aromatic heterocycles. The van der Waals surface area contributed by atoms with Gasteiger partial charge in [-0.3, -0.25) is 4.79 Å². The third kappa shape index (κ3) is 3.91. The van der Waals surface area contributed by atoms with Crippen molar-refractivity contribution in [3.63, 3.8) is 0 Å². The average Bonchev–Trinajstić information content (AvgIpc) is 3.12. The first-order valence-corrected chi connectivity index (χ1v) is 8.40. The molecule has 3 rings (SSSR count). The highest BCUT2D eigenvalue weighted by molar-refractivity contribution is 5.92. The number of rotatable bonds is 6. The van der Waals surface area contributed by atoms with Crippen molar-refractivity contribution in [2.45, 2.75) is 26.7 Å². The standard InChI is InChI=1S/C20H21N3O3/c1-13-7-6-8-14(2)19(13)21-17(24)11-12-18-22-20(23-26-18)15-9-4-5-10-16(15)25-3/h4-10H,11-12H2,1-3H3,(H,21,24). The van der Waals surface area contributed by atoms with Crippen LogP contribution in [-0.2, 0) is 11.2 Å². The third-order valence-electron chi connectivity index (χ3n) is 4.13. The molecule has 0 aliphatic rings. The lowest BCUT2D eigenvalue weighted by molar-refractivity contribution is -0.116. The fourth-order valence-electron chi connectivity index (χ4n) is 2.73. The second-order valence-corrected chi connectivity index (χ2v) is 6.03. The quantitative estimate of drug-likeness (QED) is 0.728. The van der Waals surface area contributed by atoms with Crippen LogP contribution in [0.5, 0.6) is 5.75 Å². The van der Waals surface area contributed by atoms with Crippen LogP contribution in [-0.4, -0.2) is 23.2 Å². The van der Waals surface area contributed by atoms with E-state index in [4.69, 9.17) is 9.26 Å². The zero-order valence-electron chi connectivity index (χ0n) is 15.1. The average molecular weight is 351 g/mol. The smallest absolute Gasteiger partial charge is 0.227 e. The predicted molar refractivity (Wildman–Crippen MR) is 99.2 cm³/mol. The van der Waals surface area contributed by atoms with Gasteiger partial charge in [0.2, 0.25) is 17.6 Å². The minimum atomic E-state index is -0.0839. The summed E-state index contributed by atoms with van der Waals surface area (Å²) in [4.78, 5) is 16.6. The molecular formula is C20H21N3O3. The van der Waals surface area contributed by atoms with E-state index in [1.807, 2.05) is 56.3 Å². The van der Waals surface area contributed by atoms with Gasteiger partial charge in [0, 0.05) is 18.5 Å². The molecule has 6 heteroatoms. The summed E-state index contributed by atoms with van der Waals surface area (Å²) in [5, 5.41) is 6.94. The number of aromatic nitrogens is 2. The van der Waals surface area contributed by atoms with E-state index < -0.39 is 0 Å². The number of nitrogens with zero attached hydrogens (tertiary/aromatic N) is 2. The first-order valence-electron chi connectivity index (χ1n) is 8.40. The first kappa shape index (κ1) is 17.7. The molecule has 0 bridgehead atoms. The van der Waals surface area contributed by atoms with E-state index in [0.717, 1.165) is 22.4 Å². The summed E-state index contributed by atoms with van der Waals surface area (Å²) in [6, 6.07) is 13.4. The predicted octanol–water partition coefficient (Wildman–Crippen LogP) is 3.93. The lowest BCUT2D eigenvalue weighted by Crippen LogP contribution is -2.14. The molecule has 0 unspecified atom stereocenters. The summed E-state index contributed by atoms with van der Waals surface area (Å²) in [5.41, 5.74) is 3.69. The van der Waals surface area contributed by atoms with Crippen LogP contribution in [0.1, 0.15) is 23.4 Å². The summed E-state index contributed by atoms with van der Waals surface area (Å²) in [7, 11) is 1.59. The molecule has 0 radical (unpaired) electrons. The molecule has 0 spiro atoms. The van der Waals surface area contributed by atoms with Crippen molar-refractivity contribution in [2.24, 2.45) is 0 Å². The molecular weight excluding hydrogens is 330 g/mol. The Morgan fingerprint density at radius 3 is 2.58 bits per heavy atom. The number of hydrogen-bond acceptors (Lipinski definition) is 5. The van der Waals surface area contributed by atoms with Gasteiger partial charge in [-0.2, -0.15) is 4.98 Å². The number of carbonyl (C=O) groups excluding carboxylic acids is 1. The third-order valence-corrected chi connectivity index (χ3v) is 4.13. The van der Waals surface area contributed by atoms with Gasteiger partial charge in [0.25, 0.3) is 0 Å². The summed E-state index contributed by atoms with van der Waals surface area (Å²) in [6.07, 6.45) is 0.639. The van der Waals surface area contributed by atoms with Crippen molar-refractivity contribution in [1.29, 1.82) is 0 Å². The Hall–Kier alpha value is -3.15. The number of anilines is 1. The highest BCUT2D eigenvalue weighted by atomic mass is 16.5. The van der Waals surface area contributed by atoms with E-state index in [1.54, 1.807) is 7.11 Å². The number of hydrogen-bond donors (Lipinski definition) is 1. The van der Waals surface area contributed by atoms with Crippen molar-refractivity contribution in [2.75, 3.05) is 12.4 Å². The van der Waals surface area contributed by atoms with Crippen LogP contribution < -0.4 is 10.1 Å².